The summed E-state index contributed by atoms with van der Waals surface area (Å²) in [6.07, 6.45) is 0. The molecule has 1 aromatic heterocycles. The van der Waals surface area contributed by atoms with Crippen molar-refractivity contribution in [2.75, 3.05) is 5.73 Å². The Kier molecular flexibility index (Phi) is 3.80. The highest BCUT2D eigenvalue weighted by Crippen LogP contribution is 2.18. The van der Waals surface area contributed by atoms with Gasteiger partial charge >= 0.3 is 0 Å². The summed E-state index contributed by atoms with van der Waals surface area (Å²) in [6.45, 7) is 0.0844. The van der Waals surface area contributed by atoms with Crippen LogP contribution in [0.5, 0.6) is 0 Å². The highest BCUT2D eigenvalue weighted by Gasteiger charge is 2.18. The van der Waals surface area contributed by atoms with Crippen LogP contribution in [0.4, 0.5) is 5.69 Å². The first-order chi connectivity index (χ1) is 9.03. The summed E-state index contributed by atoms with van der Waals surface area (Å²) >= 11 is 1.38. The van der Waals surface area contributed by atoms with Crippen LogP contribution in [-0.4, -0.2) is 13.4 Å². The van der Waals surface area contributed by atoms with Crippen LogP contribution in [0.1, 0.15) is 11.3 Å². The summed E-state index contributed by atoms with van der Waals surface area (Å²) in [5.74, 6) is 0. The molecule has 19 heavy (non-hydrogen) atoms. The Balaban J connectivity index is 2.27. The zero-order valence-corrected chi connectivity index (χ0v) is 11.3. The van der Waals surface area contributed by atoms with Crippen molar-refractivity contribution in [1.82, 2.24) is 9.71 Å². The number of sulfonamides is 1. The minimum Gasteiger partial charge on any atom is -0.399 e. The van der Waals surface area contributed by atoms with Gasteiger partial charge in [0.2, 0.25) is 10.0 Å². The molecule has 0 amide bonds. The van der Waals surface area contributed by atoms with Crippen molar-refractivity contribution < 1.29 is 8.42 Å². The smallest absolute Gasteiger partial charge is 0.242 e. The summed E-state index contributed by atoms with van der Waals surface area (Å²) in [5.41, 5.74) is 8.13. The fourth-order valence-electron chi connectivity index (χ4n) is 1.44. The van der Waals surface area contributed by atoms with E-state index in [0.29, 0.717) is 11.4 Å². The molecule has 0 radical (unpaired) electrons. The Bertz CT molecular complexity index is 718. The predicted octanol–water partition coefficient (Wildman–Crippen LogP) is 1.08. The summed E-state index contributed by atoms with van der Waals surface area (Å²) < 4.78 is 26.6. The summed E-state index contributed by atoms with van der Waals surface area (Å²) in [5, 5.41) is 10.7. The SMILES string of the molecule is N#Cc1cc(N)ccc1S(=O)(=O)NCc1cscn1. The fourth-order valence-corrected chi connectivity index (χ4v) is 3.13. The lowest BCUT2D eigenvalue weighted by molar-refractivity contribution is 0.580. The van der Waals surface area contributed by atoms with Crippen LogP contribution in [-0.2, 0) is 16.6 Å². The molecule has 0 aliphatic carbocycles. The van der Waals surface area contributed by atoms with E-state index in [4.69, 9.17) is 11.0 Å². The van der Waals surface area contributed by atoms with Gasteiger partial charge in [-0.1, -0.05) is 0 Å². The van der Waals surface area contributed by atoms with Gasteiger partial charge in [-0.3, -0.25) is 0 Å². The van der Waals surface area contributed by atoms with Gasteiger partial charge in [-0.15, -0.1) is 11.3 Å². The van der Waals surface area contributed by atoms with E-state index < -0.39 is 10.0 Å². The average Bonchev–Trinajstić information content (AvgIpc) is 2.89. The van der Waals surface area contributed by atoms with Crippen LogP contribution in [0.15, 0.2) is 34.0 Å². The first-order valence-electron chi connectivity index (χ1n) is 5.19. The van der Waals surface area contributed by atoms with Crippen molar-refractivity contribution in [2.45, 2.75) is 11.4 Å². The van der Waals surface area contributed by atoms with E-state index in [1.54, 1.807) is 10.9 Å². The van der Waals surface area contributed by atoms with Crippen molar-refractivity contribution in [3.63, 3.8) is 0 Å². The molecule has 8 heteroatoms. The van der Waals surface area contributed by atoms with Gasteiger partial charge in [-0.25, -0.2) is 18.1 Å². The molecule has 0 aliphatic heterocycles. The molecular formula is C11H10N4O2S2. The summed E-state index contributed by atoms with van der Waals surface area (Å²) in [4.78, 5) is 3.89. The molecule has 6 nitrogen and oxygen atoms in total. The molecule has 0 saturated heterocycles. The van der Waals surface area contributed by atoms with Crippen LogP contribution in [0.3, 0.4) is 0 Å². The molecule has 98 valence electrons. The lowest BCUT2D eigenvalue weighted by atomic mass is 10.2. The van der Waals surface area contributed by atoms with Gasteiger partial charge in [-0.05, 0) is 18.2 Å². The highest BCUT2D eigenvalue weighted by molar-refractivity contribution is 7.89. The molecule has 0 saturated carbocycles. The number of nitrogens with two attached hydrogens (primary N) is 1. The van der Waals surface area contributed by atoms with E-state index in [9.17, 15) is 8.42 Å². The van der Waals surface area contributed by atoms with Crippen LogP contribution in [0, 0.1) is 11.3 Å². The molecule has 3 N–H and O–H groups in total. The van der Waals surface area contributed by atoms with Gasteiger partial charge in [0, 0.05) is 11.1 Å². The van der Waals surface area contributed by atoms with Gasteiger partial charge in [0.1, 0.15) is 6.07 Å². The van der Waals surface area contributed by atoms with E-state index >= 15 is 0 Å². The third-order valence-electron chi connectivity index (χ3n) is 2.34. The van der Waals surface area contributed by atoms with Crippen molar-refractivity contribution in [3.8, 4) is 6.07 Å². The van der Waals surface area contributed by atoms with Crippen LogP contribution in [0.25, 0.3) is 0 Å². The molecule has 2 aromatic rings. The third kappa shape index (κ3) is 3.08. The largest absolute Gasteiger partial charge is 0.399 e. The van der Waals surface area contributed by atoms with Crippen molar-refractivity contribution in [2.24, 2.45) is 0 Å². The van der Waals surface area contributed by atoms with Crippen molar-refractivity contribution in [1.29, 1.82) is 5.26 Å². The Morgan fingerprint density at radius 3 is 2.89 bits per heavy atom. The Labute approximate surface area is 114 Å². The number of nitriles is 1. The second kappa shape index (κ2) is 5.36. The third-order valence-corrected chi connectivity index (χ3v) is 4.44. The normalized spacial score (nSPS) is 11.1. The van der Waals surface area contributed by atoms with E-state index in [-0.39, 0.29) is 17.0 Å². The lowest BCUT2D eigenvalue weighted by Gasteiger charge is -2.07. The number of hydrogen-bond acceptors (Lipinski definition) is 6. The maximum absolute atomic E-state index is 12.1. The first-order valence-corrected chi connectivity index (χ1v) is 7.62. The highest BCUT2D eigenvalue weighted by atomic mass is 32.2. The minimum absolute atomic E-state index is 0.0192. The Morgan fingerprint density at radius 1 is 1.47 bits per heavy atom. The Hall–Kier alpha value is -1.95. The molecule has 0 unspecified atom stereocenters. The predicted molar refractivity (Wildman–Crippen MR) is 71.7 cm³/mol. The summed E-state index contributed by atoms with van der Waals surface area (Å²) in [7, 11) is -3.76. The quantitative estimate of drug-likeness (QED) is 0.820. The van der Waals surface area contributed by atoms with Gasteiger partial charge in [0.25, 0.3) is 0 Å². The number of nitrogens with zero attached hydrogens (tertiary/aromatic N) is 2. The topological polar surface area (TPSA) is 109 Å². The number of nitrogens with one attached hydrogen (secondary N) is 1. The molecule has 1 aromatic carbocycles. The number of anilines is 1. The molecule has 0 fully saturated rings. The van der Waals surface area contributed by atoms with E-state index in [1.807, 2.05) is 6.07 Å². The standard InChI is InChI=1S/C11H10N4O2S2/c12-4-8-3-9(13)1-2-11(8)19(16,17)15-5-10-6-18-7-14-10/h1-3,6-7,15H,5,13H2. The second-order valence-corrected chi connectivity index (χ2v) is 6.13. The first kappa shape index (κ1) is 13.5. The molecule has 0 bridgehead atoms. The van der Waals surface area contributed by atoms with E-state index in [0.717, 1.165) is 0 Å². The van der Waals surface area contributed by atoms with Gasteiger partial charge in [0.05, 0.1) is 28.2 Å². The van der Waals surface area contributed by atoms with Crippen LogP contribution < -0.4 is 10.5 Å². The van der Waals surface area contributed by atoms with Gasteiger partial charge < -0.3 is 5.73 Å². The second-order valence-electron chi connectivity index (χ2n) is 3.67. The van der Waals surface area contributed by atoms with Crippen LogP contribution in [0.2, 0.25) is 0 Å². The maximum atomic E-state index is 12.1. The monoisotopic (exact) mass is 294 g/mol. The number of hydrogen-bond donors (Lipinski definition) is 2. The number of benzene rings is 1. The number of rotatable bonds is 4. The van der Waals surface area contributed by atoms with Gasteiger partial charge in [-0.2, -0.15) is 5.26 Å². The molecular weight excluding hydrogens is 284 g/mol. The zero-order chi connectivity index (χ0) is 13.9. The molecule has 1 heterocycles. The molecule has 0 atom stereocenters. The van der Waals surface area contributed by atoms with Crippen LogP contribution >= 0.6 is 11.3 Å². The number of nitrogen functional groups attached to an aromatic ring is 1. The minimum atomic E-state index is -3.76. The van der Waals surface area contributed by atoms with Gasteiger partial charge in [0.15, 0.2) is 0 Å². The average molecular weight is 294 g/mol. The van der Waals surface area contributed by atoms with E-state index in [2.05, 4.69) is 9.71 Å². The zero-order valence-electron chi connectivity index (χ0n) is 9.70. The number of thiazole rings is 1. The maximum Gasteiger partial charge on any atom is 0.242 e. The molecule has 2 rings (SSSR count). The summed E-state index contributed by atoms with van der Waals surface area (Å²) in [6, 6.07) is 5.91. The molecule has 0 spiro atoms. The molecule has 0 aliphatic rings. The van der Waals surface area contributed by atoms with E-state index in [1.165, 1.54) is 29.5 Å². The number of aromatic nitrogens is 1. The van der Waals surface area contributed by atoms with Crippen molar-refractivity contribution >= 4 is 27.0 Å². The van der Waals surface area contributed by atoms with Crippen molar-refractivity contribution in [3.05, 3.63) is 40.3 Å². The Morgan fingerprint density at radius 2 is 2.26 bits per heavy atom. The fraction of sp³-hybridized carbons (Fsp3) is 0.0909. The lowest BCUT2D eigenvalue weighted by Crippen LogP contribution is -2.24.